The fourth-order valence-electron chi connectivity index (χ4n) is 2.04. The Morgan fingerprint density at radius 2 is 1.94 bits per heavy atom. The lowest BCUT2D eigenvalue weighted by Crippen LogP contribution is -2.49. The summed E-state index contributed by atoms with van der Waals surface area (Å²) < 4.78 is 5.30. The van der Waals surface area contributed by atoms with Crippen LogP contribution in [-0.4, -0.2) is 42.5 Å². The largest absolute Gasteiger partial charge is 0.508 e. The lowest BCUT2D eigenvalue weighted by Gasteiger charge is -2.30. The van der Waals surface area contributed by atoms with E-state index in [1.807, 2.05) is 12.1 Å². The van der Waals surface area contributed by atoms with E-state index in [2.05, 4.69) is 17.4 Å². The number of hydrazine groups is 1. The molecular weight excluding hydrogens is 216 g/mol. The Labute approximate surface area is 102 Å². The molecule has 1 fully saturated rings. The van der Waals surface area contributed by atoms with Crippen LogP contribution >= 0.6 is 0 Å². The number of nitrogens with one attached hydrogen (secondary N) is 1. The zero-order valence-electron chi connectivity index (χ0n) is 10.2. The summed E-state index contributed by atoms with van der Waals surface area (Å²) in [5.74, 6) is 0.322. The molecule has 1 heterocycles. The molecule has 0 radical (unpaired) electrons. The Bertz CT molecular complexity index is 334. The number of morpholine rings is 1. The van der Waals surface area contributed by atoms with Crippen LogP contribution in [0.3, 0.4) is 0 Å². The summed E-state index contributed by atoms with van der Waals surface area (Å²) in [7, 11) is 0. The predicted octanol–water partition coefficient (Wildman–Crippen LogP) is 1.16. The molecule has 0 bridgehead atoms. The van der Waals surface area contributed by atoms with Gasteiger partial charge in [-0.3, -0.25) is 5.43 Å². The molecule has 1 aromatic rings. The molecule has 2 N–H and O–H groups in total. The highest BCUT2D eigenvalue weighted by molar-refractivity contribution is 5.26. The third-order valence-electron chi connectivity index (χ3n) is 2.89. The van der Waals surface area contributed by atoms with E-state index in [4.69, 9.17) is 4.74 Å². The first-order chi connectivity index (χ1) is 8.24. The molecule has 0 saturated carbocycles. The minimum absolute atomic E-state index is 0.322. The van der Waals surface area contributed by atoms with Gasteiger partial charge in [0.15, 0.2) is 0 Å². The van der Waals surface area contributed by atoms with Gasteiger partial charge in [0.25, 0.3) is 0 Å². The van der Waals surface area contributed by atoms with Gasteiger partial charge in [-0.1, -0.05) is 12.1 Å². The van der Waals surface area contributed by atoms with Crippen molar-refractivity contribution in [2.45, 2.75) is 19.4 Å². The van der Waals surface area contributed by atoms with Crippen molar-refractivity contribution >= 4 is 0 Å². The average Bonchev–Trinajstić information content (AvgIpc) is 2.33. The second-order valence-electron chi connectivity index (χ2n) is 4.50. The molecule has 4 nitrogen and oxygen atoms in total. The van der Waals surface area contributed by atoms with Gasteiger partial charge in [0.2, 0.25) is 0 Å². The van der Waals surface area contributed by atoms with Gasteiger partial charge in [0, 0.05) is 19.1 Å². The van der Waals surface area contributed by atoms with Crippen LogP contribution in [0.4, 0.5) is 0 Å². The number of benzene rings is 1. The van der Waals surface area contributed by atoms with E-state index < -0.39 is 0 Å². The van der Waals surface area contributed by atoms with Crippen molar-refractivity contribution in [3.8, 4) is 5.75 Å². The van der Waals surface area contributed by atoms with Crippen LogP contribution in [-0.2, 0) is 11.2 Å². The highest BCUT2D eigenvalue weighted by atomic mass is 16.5. The van der Waals surface area contributed by atoms with Crippen molar-refractivity contribution in [1.29, 1.82) is 0 Å². The second-order valence-corrected chi connectivity index (χ2v) is 4.50. The number of phenolic OH excluding ortho intramolecular Hbond substituents is 1. The zero-order chi connectivity index (χ0) is 12.1. The molecule has 0 spiro atoms. The fourth-order valence-corrected chi connectivity index (χ4v) is 2.04. The molecule has 1 unspecified atom stereocenters. The van der Waals surface area contributed by atoms with E-state index in [0.717, 1.165) is 32.7 Å². The number of rotatable bonds is 4. The Kier molecular flexibility index (Phi) is 4.36. The third-order valence-corrected chi connectivity index (χ3v) is 2.89. The van der Waals surface area contributed by atoms with Gasteiger partial charge >= 0.3 is 0 Å². The molecule has 0 amide bonds. The van der Waals surface area contributed by atoms with E-state index in [-0.39, 0.29) is 0 Å². The molecule has 94 valence electrons. The van der Waals surface area contributed by atoms with E-state index in [0.29, 0.717) is 11.8 Å². The van der Waals surface area contributed by atoms with Crippen molar-refractivity contribution in [3.05, 3.63) is 29.8 Å². The Morgan fingerprint density at radius 3 is 2.59 bits per heavy atom. The number of phenols is 1. The molecule has 1 aliphatic rings. The van der Waals surface area contributed by atoms with E-state index in [1.165, 1.54) is 5.56 Å². The number of nitrogens with zero attached hydrogens (tertiary/aromatic N) is 1. The van der Waals surface area contributed by atoms with Crippen molar-refractivity contribution in [1.82, 2.24) is 10.4 Å². The summed E-state index contributed by atoms with van der Waals surface area (Å²) in [6, 6.07) is 7.78. The summed E-state index contributed by atoms with van der Waals surface area (Å²) in [5, 5.41) is 11.4. The summed E-state index contributed by atoms with van der Waals surface area (Å²) >= 11 is 0. The Morgan fingerprint density at radius 1 is 1.29 bits per heavy atom. The first-order valence-electron chi connectivity index (χ1n) is 6.11. The predicted molar refractivity (Wildman–Crippen MR) is 66.8 cm³/mol. The molecule has 1 aliphatic heterocycles. The van der Waals surface area contributed by atoms with Crippen LogP contribution < -0.4 is 5.43 Å². The Hall–Kier alpha value is -1.10. The highest BCUT2D eigenvalue weighted by Crippen LogP contribution is 2.11. The maximum absolute atomic E-state index is 9.21. The van der Waals surface area contributed by atoms with Crippen molar-refractivity contribution in [2.24, 2.45) is 0 Å². The van der Waals surface area contributed by atoms with Gasteiger partial charge in [-0.05, 0) is 31.0 Å². The van der Waals surface area contributed by atoms with Crippen LogP contribution in [0, 0.1) is 0 Å². The highest BCUT2D eigenvalue weighted by Gasteiger charge is 2.12. The average molecular weight is 236 g/mol. The van der Waals surface area contributed by atoms with Crippen molar-refractivity contribution < 1.29 is 9.84 Å². The van der Waals surface area contributed by atoms with Gasteiger partial charge < -0.3 is 9.84 Å². The van der Waals surface area contributed by atoms with Crippen LogP contribution in [0.15, 0.2) is 24.3 Å². The van der Waals surface area contributed by atoms with Gasteiger partial charge in [-0.25, -0.2) is 5.01 Å². The first-order valence-corrected chi connectivity index (χ1v) is 6.11. The van der Waals surface area contributed by atoms with Crippen molar-refractivity contribution in [3.63, 3.8) is 0 Å². The molecular formula is C13H20N2O2. The number of hydrogen-bond acceptors (Lipinski definition) is 4. The molecule has 1 atom stereocenters. The molecule has 1 aromatic carbocycles. The fraction of sp³-hybridized carbons (Fsp3) is 0.538. The van der Waals surface area contributed by atoms with Gasteiger partial charge in [-0.15, -0.1) is 0 Å². The van der Waals surface area contributed by atoms with E-state index in [9.17, 15) is 5.11 Å². The lowest BCUT2D eigenvalue weighted by molar-refractivity contribution is 0.00511. The molecule has 1 saturated heterocycles. The van der Waals surface area contributed by atoms with Crippen LogP contribution in [0.2, 0.25) is 0 Å². The number of hydrogen-bond donors (Lipinski definition) is 2. The minimum Gasteiger partial charge on any atom is -0.508 e. The lowest BCUT2D eigenvalue weighted by atomic mass is 10.1. The molecule has 17 heavy (non-hydrogen) atoms. The van der Waals surface area contributed by atoms with Crippen molar-refractivity contribution in [2.75, 3.05) is 26.3 Å². The standard InChI is InChI=1S/C13H20N2O2/c1-11(14-15-6-8-17-9-7-15)10-12-2-4-13(16)5-3-12/h2-5,11,14,16H,6-10H2,1H3. The van der Waals surface area contributed by atoms with E-state index >= 15 is 0 Å². The molecule has 2 rings (SSSR count). The minimum atomic E-state index is 0.322. The quantitative estimate of drug-likeness (QED) is 0.823. The smallest absolute Gasteiger partial charge is 0.115 e. The Balaban J connectivity index is 1.79. The zero-order valence-corrected chi connectivity index (χ0v) is 10.2. The third kappa shape index (κ3) is 4.00. The number of ether oxygens (including phenoxy) is 1. The first kappa shape index (κ1) is 12.4. The maximum atomic E-state index is 9.21. The molecule has 0 aromatic heterocycles. The van der Waals surface area contributed by atoms with E-state index in [1.54, 1.807) is 12.1 Å². The van der Waals surface area contributed by atoms with Crippen LogP contribution in [0.1, 0.15) is 12.5 Å². The summed E-state index contributed by atoms with van der Waals surface area (Å²) in [4.78, 5) is 0. The normalized spacial score (nSPS) is 19.1. The SMILES string of the molecule is CC(Cc1ccc(O)cc1)NN1CCOCC1. The summed E-state index contributed by atoms with van der Waals surface area (Å²) in [6.45, 7) is 5.67. The van der Waals surface area contributed by atoms with Crippen LogP contribution in [0.5, 0.6) is 5.75 Å². The summed E-state index contributed by atoms with van der Waals surface area (Å²) in [5.41, 5.74) is 4.71. The van der Waals surface area contributed by atoms with Gasteiger partial charge in [-0.2, -0.15) is 0 Å². The second kappa shape index (κ2) is 6.00. The summed E-state index contributed by atoms with van der Waals surface area (Å²) in [6.07, 6.45) is 0.956. The number of aromatic hydroxyl groups is 1. The molecule has 4 heteroatoms. The maximum Gasteiger partial charge on any atom is 0.115 e. The van der Waals surface area contributed by atoms with Gasteiger partial charge in [0.05, 0.1) is 13.2 Å². The topological polar surface area (TPSA) is 44.7 Å². The van der Waals surface area contributed by atoms with Gasteiger partial charge in [0.1, 0.15) is 5.75 Å². The molecule has 0 aliphatic carbocycles. The van der Waals surface area contributed by atoms with Crippen LogP contribution in [0.25, 0.3) is 0 Å². The monoisotopic (exact) mass is 236 g/mol.